The van der Waals surface area contributed by atoms with E-state index in [2.05, 4.69) is 4.74 Å². The molecule has 0 amide bonds. The van der Waals surface area contributed by atoms with Gasteiger partial charge in [-0.3, -0.25) is 0 Å². The van der Waals surface area contributed by atoms with Crippen LogP contribution in [0, 0.1) is 0 Å². The molecule has 1 aromatic carbocycles. The molecule has 2 atom stereocenters. The molecule has 6 heteroatoms. The van der Waals surface area contributed by atoms with Crippen molar-refractivity contribution in [3.05, 3.63) is 30.3 Å². The van der Waals surface area contributed by atoms with E-state index in [1.807, 2.05) is 0 Å². The van der Waals surface area contributed by atoms with Gasteiger partial charge < -0.3 is 4.74 Å². The summed E-state index contributed by atoms with van der Waals surface area (Å²) in [5.41, 5.74) is -2.38. The number of rotatable bonds is 4. The van der Waals surface area contributed by atoms with Crippen LogP contribution in [0.2, 0.25) is 0 Å². The Kier molecular flexibility index (Phi) is 3.14. The van der Waals surface area contributed by atoms with E-state index in [4.69, 9.17) is 0 Å². The van der Waals surface area contributed by atoms with Crippen molar-refractivity contribution in [1.82, 2.24) is 0 Å². The van der Waals surface area contributed by atoms with Crippen molar-refractivity contribution in [2.24, 2.45) is 0 Å². The minimum absolute atomic E-state index is 0.0267. The number of alkyl halides is 1. The zero-order valence-electron chi connectivity index (χ0n) is 9.80. The highest BCUT2D eigenvalue weighted by Crippen LogP contribution is 2.48. The summed E-state index contributed by atoms with van der Waals surface area (Å²) in [5, 5.41) is -1.33. The maximum Gasteiger partial charge on any atom is 0.345 e. The van der Waals surface area contributed by atoms with E-state index in [9.17, 15) is 17.6 Å². The van der Waals surface area contributed by atoms with Crippen molar-refractivity contribution in [1.29, 1.82) is 0 Å². The number of halogens is 1. The van der Waals surface area contributed by atoms with Crippen LogP contribution < -0.4 is 0 Å². The number of ether oxygens (including phenoxy) is 1. The molecule has 0 bridgehead atoms. The van der Waals surface area contributed by atoms with E-state index in [1.165, 1.54) is 12.1 Å². The van der Waals surface area contributed by atoms with E-state index in [0.29, 0.717) is 0 Å². The predicted molar refractivity (Wildman–Crippen MR) is 62.5 cm³/mol. The first-order chi connectivity index (χ1) is 8.43. The van der Waals surface area contributed by atoms with Gasteiger partial charge in [-0.2, -0.15) is 0 Å². The van der Waals surface area contributed by atoms with Gasteiger partial charge in [-0.25, -0.2) is 17.6 Å². The molecule has 4 nitrogen and oxygen atoms in total. The Morgan fingerprint density at radius 1 is 1.44 bits per heavy atom. The monoisotopic (exact) mass is 272 g/mol. The van der Waals surface area contributed by atoms with Crippen molar-refractivity contribution in [2.45, 2.75) is 29.2 Å². The average Bonchev–Trinajstić information content (AvgIpc) is 3.06. The maximum absolute atomic E-state index is 14.1. The molecule has 1 aliphatic carbocycles. The zero-order chi connectivity index (χ0) is 13.4. The van der Waals surface area contributed by atoms with E-state index >= 15 is 0 Å². The molecule has 0 radical (unpaired) electrons. The first-order valence-corrected chi connectivity index (χ1v) is 7.12. The molecule has 0 aliphatic heterocycles. The minimum atomic E-state index is -3.81. The molecular weight excluding hydrogens is 259 g/mol. The number of carbonyl (C=O) groups is 1. The third-order valence-electron chi connectivity index (χ3n) is 2.89. The van der Waals surface area contributed by atoms with Crippen LogP contribution in [0.15, 0.2) is 35.2 Å². The standard InChI is InChI=1S/C12H13FO4S/c1-2-17-11(14)12(13)8-10(12)18(15,16)9-6-4-3-5-7-9/h3-7,10H,2,8H2,1H3/t10-,12+/m1/s1. The minimum Gasteiger partial charge on any atom is -0.464 e. The lowest BCUT2D eigenvalue weighted by Crippen LogP contribution is -2.28. The van der Waals surface area contributed by atoms with Crippen molar-refractivity contribution in [3.63, 3.8) is 0 Å². The highest BCUT2D eigenvalue weighted by molar-refractivity contribution is 7.92. The number of sulfone groups is 1. The summed E-state index contributed by atoms with van der Waals surface area (Å²) in [6.45, 7) is 1.58. The van der Waals surface area contributed by atoms with E-state index in [-0.39, 0.29) is 17.9 Å². The van der Waals surface area contributed by atoms with E-state index in [1.54, 1.807) is 25.1 Å². The summed E-state index contributed by atoms with van der Waals surface area (Å²) < 4.78 is 42.8. The largest absolute Gasteiger partial charge is 0.464 e. The van der Waals surface area contributed by atoms with Crippen LogP contribution in [-0.4, -0.2) is 31.9 Å². The van der Waals surface area contributed by atoms with Crippen molar-refractivity contribution >= 4 is 15.8 Å². The molecule has 2 rings (SSSR count). The normalized spacial score (nSPS) is 26.7. The molecule has 0 aromatic heterocycles. The third-order valence-corrected chi connectivity index (χ3v) is 5.11. The SMILES string of the molecule is CCOC(=O)[C@]1(F)C[C@H]1S(=O)(=O)c1ccccc1. The number of benzene rings is 1. The molecule has 0 spiro atoms. The van der Waals surface area contributed by atoms with Gasteiger partial charge in [0, 0.05) is 6.42 Å². The van der Waals surface area contributed by atoms with Gasteiger partial charge in [-0.1, -0.05) is 18.2 Å². The van der Waals surface area contributed by atoms with Gasteiger partial charge in [0.1, 0.15) is 5.25 Å². The van der Waals surface area contributed by atoms with Gasteiger partial charge >= 0.3 is 5.97 Å². The van der Waals surface area contributed by atoms with E-state index in [0.717, 1.165) is 0 Å². The quantitative estimate of drug-likeness (QED) is 0.779. The Morgan fingerprint density at radius 3 is 2.61 bits per heavy atom. The van der Waals surface area contributed by atoms with Crippen LogP contribution in [-0.2, 0) is 19.4 Å². The molecule has 1 aliphatic rings. The first kappa shape index (κ1) is 13.0. The van der Waals surface area contributed by atoms with Crippen LogP contribution in [0.1, 0.15) is 13.3 Å². The van der Waals surface area contributed by atoms with Gasteiger partial charge in [0.05, 0.1) is 11.5 Å². The smallest absolute Gasteiger partial charge is 0.345 e. The fraction of sp³-hybridized carbons (Fsp3) is 0.417. The lowest BCUT2D eigenvalue weighted by Gasteiger charge is -2.07. The second-order valence-corrected chi connectivity index (χ2v) is 6.26. The van der Waals surface area contributed by atoms with Crippen molar-refractivity contribution in [2.75, 3.05) is 6.61 Å². The van der Waals surface area contributed by atoms with Crippen LogP contribution in [0.5, 0.6) is 0 Å². The van der Waals surface area contributed by atoms with Gasteiger partial charge in [0.2, 0.25) is 5.67 Å². The molecule has 1 saturated carbocycles. The van der Waals surface area contributed by atoms with Gasteiger partial charge in [0.25, 0.3) is 0 Å². The summed E-state index contributed by atoms with van der Waals surface area (Å²) in [6.07, 6.45) is -0.330. The Balaban J connectivity index is 2.24. The second kappa shape index (κ2) is 4.35. The predicted octanol–water partition coefficient (Wildman–Crippen LogP) is 1.50. The van der Waals surface area contributed by atoms with Crippen LogP contribution in [0.3, 0.4) is 0 Å². The Morgan fingerprint density at radius 2 is 2.06 bits per heavy atom. The van der Waals surface area contributed by atoms with Crippen molar-refractivity contribution < 1.29 is 22.3 Å². The molecule has 0 saturated heterocycles. The summed E-state index contributed by atoms with van der Waals surface area (Å²) >= 11 is 0. The topological polar surface area (TPSA) is 60.4 Å². The molecule has 18 heavy (non-hydrogen) atoms. The number of hydrogen-bond donors (Lipinski definition) is 0. The first-order valence-electron chi connectivity index (χ1n) is 5.58. The fourth-order valence-electron chi connectivity index (χ4n) is 1.81. The van der Waals surface area contributed by atoms with E-state index < -0.39 is 26.7 Å². The second-order valence-electron chi connectivity index (χ2n) is 4.13. The Hall–Kier alpha value is -1.43. The number of hydrogen-bond acceptors (Lipinski definition) is 4. The molecular formula is C12H13FO4S. The Bertz CT molecular complexity index is 555. The highest BCUT2D eigenvalue weighted by atomic mass is 32.2. The summed E-state index contributed by atoms with van der Waals surface area (Å²) in [5.74, 6) is -1.09. The zero-order valence-corrected chi connectivity index (χ0v) is 10.6. The summed E-state index contributed by atoms with van der Waals surface area (Å²) in [4.78, 5) is 11.4. The number of esters is 1. The average molecular weight is 272 g/mol. The Labute approximate surface area is 105 Å². The van der Waals surface area contributed by atoms with Crippen LogP contribution in [0.25, 0.3) is 0 Å². The van der Waals surface area contributed by atoms with Crippen LogP contribution >= 0.6 is 0 Å². The molecule has 98 valence electrons. The third kappa shape index (κ3) is 2.01. The van der Waals surface area contributed by atoms with Gasteiger partial charge in [-0.05, 0) is 19.1 Å². The van der Waals surface area contributed by atoms with Gasteiger partial charge in [0.15, 0.2) is 9.84 Å². The lowest BCUT2D eigenvalue weighted by molar-refractivity contribution is -0.150. The lowest BCUT2D eigenvalue weighted by atomic mass is 10.4. The fourth-order valence-corrected chi connectivity index (χ4v) is 3.72. The molecule has 1 aromatic rings. The van der Waals surface area contributed by atoms with Gasteiger partial charge in [-0.15, -0.1) is 0 Å². The molecule has 0 heterocycles. The number of carbonyl (C=O) groups excluding carboxylic acids is 1. The maximum atomic E-state index is 14.1. The summed E-state index contributed by atoms with van der Waals surface area (Å²) in [7, 11) is -3.81. The summed E-state index contributed by atoms with van der Waals surface area (Å²) in [6, 6.07) is 7.55. The van der Waals surface area contributed by atoms with Crippen molar-refractivity contribution in [3.8, 4) is 0 Å². The highest BCUT2D eigenvalue weighted by Gasteiger charge is 2.69. The molecule has 1 fully saturated rings. The molecule has 0 N–H and O–H groups in total. The van der Waals surface area contributed by atoms with Crippen LogP contribution in [0.4, 0.5) is 4.39 Å². The molecule has 0 unspecified atom stereocenters.